The van der Waals surface area contributed by atoms with Gasteiger partial charge in [-0.2, -0.15) is 0 Å². The fraction of sp³-hybridized carbons (Fsp3) is 0.167. The summed E-state index contributed by atoms with van der Waals surface area (Å²) < 4.78 is 0. The SMILES string of the molecule is Nc1cc(CCO)cc(-c2cccs2)c1N. The van der Waals surface area contributed by atoms with Gasteiger partial charge in [0.25, 0.3) is 0 Å². The number of anilines is 2. The summed E-state index contributed by atoms with van der Waals surface area (Å²) in [5.41, 5.74) is 15.0. The van der Waals surface area contributed by atoms with Gasteiger partial charge in [-0.05, 0) is 35.6 Å². The molecular weight excluding hydrogens is 220 g/mol. The Morgan fingerprint density at radius 3 is 2.69 bits per heavy atom. The van der Waals surface area contributed by atoms with E-state index in [1.54, 1.807) is 11.3 Å². The van der Waals surface area contributed by atoms with Gasteiger partial charge >= 0.3 is 0 Å². The highest BCUT2D eigenvalue weighted by atomic mass is 32.1. The molecule has 1 heterocycles. The second kappa shape index (κ2) is 4.55. The second-order valence-corrected chi connectivity index (χ2v) is 4.54. The molecule has 84 valence electrons. The molecule has 5 N–H and O–H groups in total. The lowest BCUT2D eigenvalue weighted by molar-refractivity contribution is 0.299. The number of hydrogen-bond donors (Lipinski definition) is 3. The lowest BCUT2D eigenvalue weighted by Gasteiger charge is -2.09. The molecule has 4 heteroatoms. The van der Waals surface area contributed by atoms with Gasteiger partial charge in [-0.1, -0.05) is 6.07 Å². The standard InChI is InChI=1S/C12H14N2OS/c13-10-7-8(3-4-15)6-9(12(10)14)11-2-1-5-16-11/h1-2,5-7,15H,3-4,13-14H2. The summed E-state index contributed by atoms with van der Waals surface area (Å²) in [4.78, 5) is 1.10. The lowest BCUT2D eigenvalue weighted by Crippen LogP contribution is -2.00. The second-order valence-electron chi connectivity index (χ2n) is 3.60. The fourth-order valence-corrected chi connectivity index (χ4v) is 2.40. The summed E-state index contributed by atoms with van der Waals surface area (Å²) in [7, 11) is 0. The molecule has 0 spiro atoms. The van der Waals surface area contributed by atoms with Crippen molar-refractivity contribution in [1.29, 1.82) is 0 Å². The molecule has 0 radical (unpaired) electrons. The smallest absolute Gasteiger partial charge is 0.0635 e. The van der Waals surface area contributed by atoms with Crippen molar-refractivity contribution in [2.45, 2.75) is 6.42 Å². The first-order valence-corrected chi connectivity index (χ1v) is 5.93. The van der Waals surface area contributed by atoms with E-state index in [9.17, 15) is 0 Å². The third-order valence-electron chi connectivity index (χ3n) is 2.46. The van der Waals surface area contributed by atoms with Gasteiger partial charge in [0.15, 0.2) is 0 Å². The highest BCUT2D eigenvalue weighted by Crippen LogP contribution is 2.34. The van der Waals surface area contributed by atoms with E-state index in [0.29, 0.717) is 17.8 Å². The van der Waals surface area contributed by atoms with Crippen molar-refractivity contribution in [2.24, 2.45) is 0 Å². The van der Waals surface area contributed by atoms with E-state index < -0.39 is 0 Å². The van der Waals surface area contributed by atoms with E-state index in [4.69, 9.17) is 16.6 Å². The number of thiophene rings is 1. The predicted molar refractivity (Wildman–Crippen MR) is 69.4 cm³/mol. The first-order valence-electron chi connectivity index (χ1n) is 5.05. The molecule has 16 heavy (non-hydrogen) atoms. The molecule has 2 aromatic rings. The Bertz CT molecular complexity index is 480. The normalized spacial score (nSPS) is 10.6. The third kappa shape index (κ3) is 2.03. The van der Waals surface area contributed by atoms with Crippen LogP contribution in [0.2, 0.25) is 0 Å². The first kappa shape index (κ1) is 11.0. The van der Waals surface area contributed by atoms with Gasteiger partial charge in [0.1, 0.15) is 0 Å². The molecular formula is C12H14N2OS. The molecule has 0 fully saturated rings. The van der Waals surface area contributed by atoms with Crippen LogP contribution in [-0.2, 0) is 6.42 Å². The third-order valence-corrected chi connectivity index (χ3v) is 3.36. The number of aliphatic hydroxyl groups excluding tert-OH is 1. The van der Waals surface area contributed by atoms with E-state index in [1.807, 2.05) is 29.6 Å². The van der Waals surface area contributed by atoms with Gasteiger partial charge in [-0.25, -0.2) is 0 Å². The highest BCUT2D eigenvalue weighted by Gasteiger charge is 2.08. The van der Waals surface area contributed by atoms with Crippen molar-refractivity contribution in [3.8, 4) is 10.4 Å². The van der Waals surface area contributed by atoms with Crippen LogP contribution in [0.4, 0.5) is 11.4 Å². The van der Waals surface area contributed by atoms with Gasteiger partial charge in [0, 0.05) is 17.0 Å². The Labute approximate surface area is 98.3 Å². The number of aliphatic hydroxyl groups is 1. The minimum Gasteiger partial charge on any atom is -0.397 e. The number of nitrogens with two attached hydrogens (primary N) is 2. The number of benzene rings is 1. The topological polar surface area (TPSA) is 72.3 Å². The molecule has 1 aromatic heterocycles. The molecule has 0 atom stereocenters. The van der Waals surface area contributed by atoms with Gasteiger partial charge < -0.3 is 16.6 Å². The van der Waals surface area contributed by atoms with Crippen LogP contribution in [0, 0.1) is 0 Å². The maximum Gasteiger partial charge on any atom is 0.0635 e. The number of hydrogen-bond acceptors (Lipinski definition) is 4. The molecule has 1 aromatic carbocycles. The van der Waals surface area contributed by atoms with Crippen LogP contribution in [0.25, 0.3) is 10.4 Å². The Morgan fingerprint density at radius 1 is 1.25 bits per heavy atom. The summed E-state index contributed by atoms with van der Waals surface area (Å²) in [6.07, 6.45) is 0.600. The van der Waals surface area contributed by atoms with Crippen LogP contribution in [0.3, 0.4) is 0 Å². The van der Waals surface area contributed by atoms with Gasteiger partial charge in [0.05, 0.1) is 11.4 Å². The molecule has 0 amide bonds. The largest absolute Gasteiger partial charge is 0.397 e. The zero-order valence-electron chi connectivity index (χ0n) is 8.81. The quantitative estimate of drug-likeness (QED) is 0.712. The average molecular weight is 234 g/mol. The number of nitrogen functional groups attached to an aromatic ring is 2. The van der Waals surface area contributed by atoms with E-state index in [1.165, 1.54) is 0 Å². The minimum absolute atomic E-state index is 0.118. The summed E-state index contributed by atoms with van der Waals surface area (Å²) in [6.45, 7) is 0.118. The Kier molecular flexibility index (Phi) is 3.12. The molecule has 0 aliphatic rings. The Morgan fingerprint density at radius 2 is 2.06 bits per heavy atom. The van der Waals surface area contributed by atoms with Crippen molar-refractivity contribution in [3.63, 3.8) is 0 Å². The molecule has 0 saturated heterocycles. The zero-order valence-corrected chi connectivity index (χ0v) is 9.63. The van der Waals surface area contributed by atoms with E-state index in [-0.39, 0.29) is 6.61 Å². The van der Waals surface area contributed by atoms with Crippen LogP contribution >= 0.6 is 11.3 Å². The molecule has 0 bridgehead atoms. The van der Waals surface area contributed by atoms with E-state index >= 15 is 0 Å². The molecule has 0 unspecified atom stereocenters. The van der Waals surface area contributed by atoms with E-state index in [0.717, 1.165) is 16.0 Å². The van der Waals surface area contributed by atoms with Crippen molar-refractivity contribution < 1.29 is 5.11 Å². The lowest BCUT2D eigenvalue weighted by atomic mass is 10.0. The monoisotopic (exact) mass is 234 g/mol. The summed E-state index contributed by atoms with van der Waals surface area (Å²) in [5.74, 6) is 0. The highest BCUT2D eigenvalue weighted by molar-refractivity contribution is 7.13. The van der Waals surface area contributed by atoms with Crippen molar-refractivity contribution in [3.05, 3.63) is 35.2 Å². The van der Waals surface area contributed by atoms with Crippen LogP contribution in [-0.4, -0.2) is 11.7 Å². The van der Waals surface area contributed by atoms with Crippen molar-refractivity contribution in [1.82, 2.24) is 0 Å². The van der Waals surface area contributed by atoms with Crippen molar-refractivity contribution >= 4 is 22.7 Å². The average Bonchev–Trinajstić information content (AvgIpc) is 2.76. The predicted octanol–water partition coefficient (Wildman–Crippen LogP) is 2.11. The van der Waals surface area contributed by atoms with E-state index in [2.05, 4.69) is 0 Å². The Hall–Kier alpha value is -1.52. The summed E-state index contributed by atoms with van der Waals surface area (Å²) in [5, 5.41) is 10.9. The summed E-state index contributed by atoms with van der Waals surface area (Å²) >= 11 is 1.63. The number of rotatable bonds is 3. The zero-order chi connectivity index (χ0) is 11.5. The molecule has 3 nitrogen and oxygen atoms in total. The molecule has 0 saturated carbocycles. The van der Waals surface area contributed by atoms with Gasteiger partial charge in [0.2, 0.25) is 0 Å². The maximum absolute atomic E-state index is 8.93. The summed E-state index contributed by atoms with van der Waals surface area (Å²) in [6, 6.07) is 7.81. The van der Waals surface area contributed by atoms with Crippen LogP contribution in [0.5, 0.6) is 0 Å². The maximum atomic E-state index is 8.93. The fourth-order valence-electron chi connectivity index (χ4n) is 1.65. The molecule has 0 aliphatic carbocycles. The first-order chi connectivity index (χ1) is 7.72. The van der Waals surface area contributed by atoms with Crippen LogP contribution < -0.4 is 11.5 Å². The van der Waals surface area contributed by atoms with Crippen molar-refractivity contribution in [2.75, 3.05) is 18.1 Å². The minimum atomic E-state index is 0.118. The van der Waals surface area contributed by atoms with Crippen LogP contribution in [0.15, 0.2) is 29.6 Å². The molecule has 0 aliphatic heterocycles. The Balaban J connectivity index is 2.51. The van der Waals surface area contributed by atoms with Gasteiger partial charge in [-0.15, -0.1) is 11.3 Å². The van der Waals surface area contributed by atoms with Gasteiger partial charge in [-0.3, -0.25) is 0 Å². The molecule has 2 rings (SSSR count). The van der Waals surface area contributed by atoms with Crippen LogP contribution in [0.1, 0.15) is 5.56 Å².